The van der Waals surface area contributed by atoms with Crippen LogP contribution in [0.4, 0.5) is 0 Å². The molecule has 1 aliphatic carbocycles. The van der Waals surface area contributed by atoms with E-state index in [9.17, 15) is 0 Å². The molecule has 0 bridgehead atoms. The molecule has 1 N–H and O–H groups in total. The van der Waals surface area contributed by atoms with E-state index < -0.39 is 0 Å². The number of aryl methyl sites for hydroxylation is 3. The van der Waals surface area contributed by atoms with Crippen molar-refractivity contribution in [1.29, 1.82) is 0 Å². The average molecular weight is 287 g/mol. The molecule has 0 saturated heterocycles. The van der Waals surface area contributed by atoms with Crippen LogP contribution in [0.2, 0.25) is 0 Å². The summed E-state index contributed by atoms with van der Waals surface area (Å²) in [7, 11) is 0. The van der Waals surface area contributed by atoms with Gasteiger partial charge in [-0.25, -0.2) is 4.98 Å². The van der Waals surface area contributed by atoms with E-state index in [0.717, 1.165) is 37.9 Å². The summed E-state index contributed by atoms with van der Waals surface area (Å²) in [6.45, 7) is 9.05. The Morgan fingerprint density at radius 3 is 2.76 bits per heavy atom. The lowest BCUT2D eigenvalue weighted by Gasteiger charge is -2.12. The highest BCUT2D eigenvalue weighted by molar-refractivity contribution is 5.14. The summed E-state index contributed by atoms with van der Waals surface area (Å²) < 4.78 is 4.41. The van der Waals surface area contributed by atoms with Gasteiger partial charge < -0.3 is 9.88 Å². The molecule has 1 aliphatic rings. The Hall–Kier alpha value is -1.62. The first-order valence-electron chi connectivity index (χ1n) is 8.01. The molecule has 5 heteroatoms. The number of rotatable bonds is 7. The van der Waals surface area contributed by atoms with Crippen molar-refractivity contribution in [2.75, 3.05) is 0 Å². The van der Waals surface area contributed by atoms with Crippen LogP contribution in [0.1, 0.15) is 49.6 Å². The zero-order valence-electron chi connectivity index (χ0n) is 13.3. The molecule has 0 unspecified atom stereocenters. The maximum atomic E-state index is 4.64. The highest BCUT2D eigenvalue weighted by Gasteiger charge is 2.21. The molecule has 0 aliphatic heterocycles. The van der Waals surface area contributed by atoms with Crippen LogP contribution in [-0.4, -0.2) is 25.4 Å². The van der Waals surface area contributed by atoms with Gasteiger partial charge in [0.1, 0.15) is 5.82 Å². The monoisotopic (exact) mass is 287 g/mol. The molecule has 3 rings (SSSR count). The van der Waals surface area contributed by atoms with Crippen molar-refractivity contribution < 1.29 is 0 Å². The van der Waals surface area contributed by atoms with Crippen LogP contribution in [0, 0.1) is 6.92 Å². The topological polar surface area (TPSA) is 47.7 Å². The quantitative estimate of drug-likeness (QED) is 0.850. The second-order valence-corrected chi connectivity index (χ2v) is 5.83. The fraction of sp³-hybridized carbons (Fsp3) is 0.625. The zero-order valence-corrected chi connectivity index (χ0v) is 13.3. The number of aromatic nitrogens is 4. The molecule has 21 heavy (non-hydrogen) atoms. The van der Waals surface area contributed by atoms with E-state index in [4.69, 9.17) is 0 Å². The van der Waals surface area contributed by atoms with Crippen LogP contribution in [0.3, 0.4) is 0 Å². The Morgan fingerprint density at radius 2 is 2.10 bits per heavy atom. The summed E-state index contributed by atoms with van der Waals surface area (Å²) in [6, 6.07) is 2.95. The van der Waals surface area contributed by atoms with Crippen LogP contribution in [0.15, 0.2) is 12.3 Å². The summed E-state index contributed by atoms with van der Waals surface area (Å²) in [6.07, 6.45) is 5.61. The van der Waals surface area contributed by atoms with E-state index in [1.54, 1.807) is 0 Å². The molecule has 114 valence electrons. The molecule has 0 spiro atoms. The number of imidazole rings is 1. The molecular weight excluding hydrogens is 262 g/mol. The minimum atomic E-state index is 0.724. The van der Waals surface area contributed by atoms with E-state index >= 15 is 0 Å². The maximum absolute atomic E-state index is 4.64. The van der Waals surface area contributed by atoms with E-state index in [0.29, 0.717) is 0 Å². The Balaban J connectivity index is 1.79. The van der Waals surface area contributed by atoms with Crippen molar-refractivity contribution in [2.45, 2.75) is 65.7 Å². The highest BCUT2D eigenvalue weighted by Crippen LogP contribution is 2.20. The summed E-state index contributed by atoms with van der Waals surface area (Å²) in [4.78, 5) is 4.49. The van der Waals surface area contributed by atoms with Crippen LogP contribution in [0.5, 0.6) is 0 Å². The zero-order chi connectivity index (χ0) is 14.8. The lowest BCUT2D eigenvalue weighted by atomic mass is 10.3. The average Bonchev–Trinajstić information content (AvgIpc) is 3.14. The van der Waals surface area contributed by atoms with Gasteiger partial charge in [-0.3, -0.25) is 4.68 Å². The third-order valence-corrected chi connectivity index (χ3v) is 4.18. The van der Waals surface area contributed by atoms with Gasteiger partial charge in [0, 0.05) is 25.3 Å². The fourth-order valence-electron chi connectivity index (χ4n) is 2.66. The van der Waals surface area contributed by atoms with Crippen LogP contribution >= 0.6 is 0 Å². The van der Waals surface area contributed by atoms with Crippen molar-refractivity contribution in [3.05, 3.63) is 35.2 Å². The SMILES string of the molecule is CCc1cc(Cn2c(CNC3CC3)cnc2C)n(CC)n1. The minimum absolute atomic E-state index is 0.724. The predicted octanol–water partition coefficient (Wildman–Crippen LogP) is 2.27. The smallest absolute Gasteiger partial charge is 0.106 e. The molecule has 2 heterocycles. The van der Waals surface area contributed by atoms with Gasteiger partial charge in [-0.2, -0.15) is 5.10 Å². The second kappa shape index (κ2) is 6.02. The first-order chi connectivity index (χ1) is 10.2. The number of hydrogen-bond acceptors (Lipinski definition) is 3. The van der Waals surface area contributed by atoms with Gasteiger partial charge in [0.05, 0.1) is 23.6 Å². The Bertz CT molecular complexity index is 606. The lowest BCUT2D eigenvalue weighted by molar-refractivity contribution is 0.571. The minimum Gasteiger partial charge on any atom is -0.325 e. The molecule has 0 radical (unpaired) electrons. The molecule has 2 aromatic rings. The summed E-state index contributed by atoms with van der Waals surface area (Å²) in [5.41, 5.74) is 3.70. The molecule has 0 amide bonds. The third-order valence-electron chi connectivity index (χ3n) is 4.18. The molecule has 1 saturated carbocycles. The van der Waals surface area contributed by atoms with Crippen LogP contribution < -0.4 is 5.32 Å². The summed E-state index contributed by atoms with van der Waals surface area (Å²) in [5, 5.41) is 8.21. The Labute approximate surface area is 126 Å². The van der Waals surface area contributed by atoms with Gasteiger partial charge in [0.2, 0.25) is 0 Å². The molecule has 1 fully saturated rings. The van der Waals surface area contributed by atoms with E-state index in [1.807, 2.05) is 6.20 Å². The van der Waals surface area contributed by atoms with Gasteiger partial charge in [0.25, 0.3) is 0 Å². The normalized spacial score (nSPS) is 14.8. The standard InChI is InChI=1S/C16H25N5/c1-4-13-8-15(21(5-2)19-13)11-20-12(3)17-9-16(20)10-18-14-6-7-14/h8-9,14,18H,4-7,10-11H2,1-3H3. The molecule has 2 aromatic heterocycles. The predicted molar refractivity (Wildman–Crippen MR) is 83.2 cm³/mol. The fourth-order valence-corrected chi connectivity index (χ4v) is 2.66. The van der Waals surface area contributed by atoms with E-state index in [-0.39, 0.29) is 0 Å². The number of nitrogens with zero attached hydrogens (tertiary/aromatic N) is 4. The van der Waals surface area contributed by atoms with E-state index in [1.165, 1.54) is 29.9 Å². The van der Waals surface area contributed by atoms with Crippen molar-refractivity contribution in [1.82, 2.24) is 24.6 Å². The van der Waals surface area contributed by atoms with Crippen LogP contribution in [-0.2, 0) is 26.1 Å². The van der Waals surface area contributed by atoms with Crippen molar-refractivity contribution in [3.63, 3.8) is 0 Å². The highest BCUT2D eigenvalue weighted by atomic mass is 15.3. The van der Waals surface area contributed by atoms with Gasteiger partial charge in [-0.1, -0.05) is 6.92 Å². The molecule has 0 atom stereocenters. The maximum Gasteiger partial charge on any atom is 0.106 e. The first kappa shape index (κ1) is 14.3. The van der Waals surface area contributed by atoms with Crippen molar-refractivity contribution >= 4 is 0 Å². The lowest BCUT2D eigenvalue weighted by Crippen LogP contribution is -2.19. The van der Waals surface area contributed by atoms with Gasteiger partial charge in [-0.15, -0.1) is 0 Å². The van der Waals surface area contributed by atoms with Crippen molar-refractivity contribution in [3.8, 4) is 0 Å². The summed E-state index contributed by atoms with van der Waals surface area (Å²) in [5.74, 6) is 1.07. The number of hydrogen-bond donors (Lipinski definition) is 1. The molecular formula is C16H25N5. The molecule has 5 nitrogen and oxygen atoms in total. The first-order valence-corrected chi connectivity index (χ1v) is 8.01. The van der Waals surface area contributed by atoms with Crippen molar-refractivity contribution in [2.24, 2.45) is 0 Å². The van der Waals surface area contributed by atoms with Gasteiger partial charge in [-0.05, 0) is 39.2 Å². The third kappa shape index (κ3) is 3.18. The molecule has 0 aromatic carbocycles. The number of nitrogens with one attached hydrogen (secondary N) is 1. The Kier molecular flexibility index (Phi) is 4.10. The van der Waals surface area contributed by atoms with Gasteiger partial charge in [0.15, 0.2) is 0 Å². The van der Waals surface area contributed by atoms with Gasteiger partial charge >= 0.3 is 0 Å². The summed E-state index contributed by atoms with van der Waals surface area (Å²) >= 11 is 0. The van der Waals surface area contributed by atoms with Crippen LogP contribution in [0.25, 0.3) is 0 Å². The second-order valence-electron chi connectivity index (χ2n) is 5.83. The Morgan fingerprint density at radius 1 is 1.29 bits per heavy atom. The van der Waals surface area contributed by atoms with E-state index in [2.05, 4.69) is 51.5 Å². The largest absolute Gasteiger partial charge is 0.325 e.